The molecule has 1 aromatic carbocycles. The molecule has 0 fully saturated rings. The first-order valence-corrected chi connectivity index (χ1v) is 5.92. The fraction of sp³-hybridized carbons (Fsp3) is 0.385. The van der Waals surface area contributed by atoms with Gasteiger partial charge in [0.25, 0.3) is 0 Å². The summed E-state index contributed by atoms with van der Waals surface area (Å²) in [4.78, 5) is 4.37. The van der Waals surface area contributed by atoms with Gasteiger partial charge in [-0.15, -0.1) is 0 Å². The summed E-state index contributed by atoms with van der Waals surface area (Å²) in [5.41, 5.74) is 6.17. The molecule has 1 unspecified atom stereocenters. The van der Waals surface area contributed by atoms with Gasteiger partial charge in [-0.2, -0.15) is 4.98 Å². The summed E-state index contributed by atoms with van der Waals surface area (Å²) in [5, 5.41) is 13.4. The quantitative estimate of drug-likeness (QED) is 0.863. The molecule has 1 heterocycles. The maximum atomic E-state index is 9.43. The van der Waals surface area contributed by atoms with Crippen molar-refractivity contribution in [3.05, 3.63) is 30.2 Å². The molecular formula is C13H17N3O2. The van der Waals surface area contributed by atoms with Gasteiger partial charge in [0, 0.05) is 12.1 Å². The summed E-state index contributed by atoms with van der Waals surface area (Å²) in [7, 11) is 0. The molecule has 18 heavy (non-hydrogen) atoms. The normalized spacial score (nSPS) is 14.4. The highest BCUT2D eigenvalue weighted by Crippen LogP contribution is 2.27. The number of aromatic hydroxyl groups is 1. The fourth-order valence-electron chi connectivity index (χ4n) is 1.61. The molecule has 0 saturated carbocycles. The lowest BCUT2D eigenvalue weighted by molar-refractivity contribution is 0.291. The van der Waals surface area contributed by atoms with E-state index in [4.69, 9.17) is 10.3 Å². The molecule has 5 nitrogen and oxygen atoms in total. The highest BCUT2D eigenvalue weighted by Gasteiger charge is 2.29. The van der Waals surface area contributed by atoms with Gasteiger partial charge in [-0.05, 0) is 25.5 Å². The standard InChI is InChI=1S/C13H17N3O2/c1-3-13(2,8-14)12-15-11(16-18-12)9-5-4-6-10(17)7-9/h4-7,17H,3,8,14H2,1-2H3. The summed E-state index contributed by atoms with van der Waals surface area (Å²) in [6, 6.07) is 6.75. The number of benzene rings is 1. The van der Waals surface area contributed by atoms with Crippen LogP contribution in [-0.2, 0) is 5.41 Å². The number of nitrogens with zero attached hydrogens (tertiary/aromatic N) is 2. The molecule has 0 spiro atoms. The van der Waals surface area contributed by atoms with E-state index in [-0.39, 0.29) is 11.2 Å². The molecule has 0 bridgehead atoms. The van der Waals surface area contributed by atoms with Crippen LogP contribution in [0.4, 0.5) is 0 Å². The molecule has 5 heteroatoms. The van der Waals surface area contributed by atoms with E-state index in [9.17, 15) is 5.11 Å². The van der Waals surface area contributed by atoms with Crippen molar-refractivity contribution < 1.29 is 9.63 Å². The molecule has 96 valence electrons. The highest BCUT2D eigenvalue weighted by molar-refractivity contribution is 5.56. The lowest BCUT2D eigenvalue weighted by Crippen LogP contribution is -2.31. The number of aromatic nitrogens is 2. The minimum Gasteiger partial charge on any atom is -0.508 e. The molecule has 0 saturated heterocycles. The Morgan fingerprint density at radius 1 is 1.44 bits per heavy atom. The summed E-state index contributed by atoms with van der Waals surface area (Å²) in [6.07, 6.45) is 0.825. The smallest absolute Gasteiger partial charge is 0.234 e. The second kappa shape index (κ2) is 4.78. The Balaban J connectivity index is 2.36. The third-order valence-corrected chi connectivity index (χ3v) is 3.28. The van der Waals surface area contributed by atoms with E-state index in [2.05, 4.69) is 10.1 Å². The third-order valence-electron chi connectivity index (χ3n) is 3.28. The predicted octanol–water partition coefficient (Wildman–Crippen LogP) is 2.07. The Morgan fingerprint density at radius 2 is 2.22 bits per heavy atom. The molecule has 2 rings (SSSR count). The van der Waals surface area contributed by atoms with Crippen LogP contribution in [0, 0.1) is 0 Å². The Morgan fingerprint density at radius 3 is 2.83 bits per heavy atom. The van der Waals surface area contributed by atoms with E-state index in [0.29, 0.717) is 18.3 Å². The zero-order chi connectivity index (χ0) is 13.2. The SMILES string of the molecule is CCC(C)(CN)c1nc(-c2cccc(O)c2)no1. The monoisotopic (exact) mass is 247 g/mol. The minimum atomic E-state index is -0.303. The Bertz CT molecular complexity index is 533. The minimum absolute atomic E-state index is 0.177. The van der Waals surface area contributed by atoms with Crippen LogP contribution in [0.5, 0.6) is 5.75 Å². The first-order valence-electron chi connectivity index (χ1n) is 5.92. The van der Waals surface area contributed by atoms with Gasteiger partial charge in [-0.1, -0.05) is 24.2 Å². The van der Waals surface area contributed by atoms with Gasteiger partial charge in [0.2, 0.25) is 11.7 Å². The first-order chi connectivity index (χ1) is 8.59. The van der Waals surface area contributed by atoms with Gasteiger partial charge in [-0.3, -0.25) is 0 Å². The van der Waals surface area contributed by atoms with Crippen molar-refractivity contribution >= 4 is 0 Å². The number of phenolic OH excluding ortho intramolecular Hbond substituents is 1. The van der Waals surface area contributed by atoms with E-state index >= 15 is 0 Å². The Labute approximate surface area is 106 Å². The van der Waals surface area contributed by atoms with Crippen LogP contribution in [0.1, 0.15) is 26.2 Å². The van der Waals surface area contributed by atoms with Crippen LogP contribution < -0.4 is 5.73 Å². The predicted molar refractivity (Wildman–Crippen MR) is 68.1 cm³/mol. The van der Waals surface area contributed by atoms with Gasteiger partial charge < -0.3 is 15.4 Å². The molecule has 0 aliphatic rings. The maximum Gasteiger partial charge on any atom is 0.234 e. The fourth-order valence-corrected chi connectivity index (χ4v) is 1.61. The average Bonchev–Trinajstić information content (AvgIpc) is 2.88. The van der Waals surface area contributed by atoms with E-state index in [1.54, 1.807) is 18.2 Å². The molecule has 2 aromatic rings. The van der Waals surface area contributed by atoms with Crippen LogP contribution in [0.3, 0.4) is 0 Å². The molecule has 0 radical (unpaired) electrons. The van der Waals surface area contributed by atoms with Crippen molar-refractivity contribution in [3.8, 4) is 17.1 Å². The molecule has 0 aliphatic carbocycles. The van der Waals surface area contributed by atoms with Crippen LogP contribution >= 0.6 is 0 Å². The van der Waals surface area contributed by atoms with Crippen molar-refractivity contribution in [2.24, 2.45) is 5.73 Å². The van der Waals surface area contributed by atoms with Gasteiger partial charge >= 0.3 is 0 Å². The number of rotatable bonds is 4. The number of phenols is 1. The zero-order valence-corrected chi connectivity index (χ0v) is 10.6. The number of nitrogens with two attached hydrogens (primary N) is 1. The molecule has 0 amide bonds. The molecular weight excluding hydrogens is 230 g/mol. The van der Waals surface area contributed by atoms with E-state index < -0.39 is 0 Å². The largest absolute Gasteiger partial charge is 0.508 e. The highest BCUT2D eigenvalue weighted by atomic mass is 16.5. The van der Waals surface area contributed by atoms with Gasteiger partial charge in [0.15, 0.2) is 0 Å². The lowest BCUT2D eigenvalue weighted by atomic mass is 9.88. The lowest BCUT2D eigenvalue weighted by Gasteiger charge is -2.20. The Kier molecular flexibility index (Phi) is 3.34. The van der Waals surface area contributed by atoms with Crippen molar-refractivity contribution in [3.63, 3.8) is 0 Å². The average molecular weight is 247 g/mol. The van der Waals surface area contributed by atoms with E-state index in [1.807, 2.05) is 19.9 Å². The van der Waals surface area contributed by atoms with Crippen LogP contribution in [-0.4, -0.2) is 21.8 Å². The van der Waals surface area contributed by atoms with Gasteiger partial charge in [-0.25, -0.2) is 0 Å². The summed E-state index contributed by atoms with van der Waals surface area (Å²) in [6.45, 7) is 4.48. The number of hydrogen-bond acceptors (Lipinski definition) is 5. The summed E-state index contributed by atoms with van der Waals surface area (Å²) >= 11 is 0. The molecule has 1 atom stereocenters. The topological polar surface area (TPSA) is 85.2 Å². The summed E-state index contributed by atoms with van der Waals surface area (Å²) in [5.74, 6) is 1.18. The number of hydrogen-bond donors (Lipinski definition) is 2. The maximum absolute atomic E-state index is 9.43. The van der Waals surface area contributed by atoms with E-state index in [1.165, 1.54) is 0 Å². The molecule has 0 aliphatic heterocycles. The van der Waals surface area contributed by atoms with Gasteiger partial charge in [0.05, 0.1) is 5.41 Å². The first kappa shape index (κ1) is 12.6. The van der Waals surface area contributed by atoms with E-state index in [0.717, 1.165) is 12.0 Å². The van der Waals surface area contributed by atoms with Crippen molar-refractivity contribution in [2.45, 2.75) is 25.7 Å². The summed E-state index contributed by atoms with van der Waals surface area (Å²) < 4.78 is 5.28. The van der Waals surface area contributed by atoms with Crippen molar-refractivity contribution in [1.29, 1.82) is 0 Å². The zero-order valence-electron chi connectivity index (χ0n) is 10.6. The third kappa shape index (κ3) is 2.22. The Hall–Kier alpha value is -1.88. The van der Waals surface area contributed by atoms with Crippen molar-refractivity contribution in [1.82, 2.24) is 10.1 Å². The van der Waals surface area contributed by atoms with Crippen LogP contribution in [0.15, 0.2) is 28.8 Å². The second-order valence-electron chi connectivity index (χ2n) is 4.59. The van der Waals surface area contributed by atoms with Crippen LogP contribution in [0.2, 0.25) is 0 Å². The van der Waals surface area contributed by atoms with Crippen LogP contribution in [0.25, 0.3) is 11.4 Å². The van der Waals surface area contributed by atoms with Crippen molar-refractivity contribution in [2.75, 3.05) is 6.54 Å². The molecule has 1 aromatic heterocycles. The molecule has 3 N–H and O–H groups in total. The van der Waals surface area contributed by atoms with Gasteiger partial charge in [0.1, 0.15) is 5.75 Å². The second-order valence-corrected chi connectivity index (χ2v) is 4.59.